The van der Waals surface area contributed by atoms with Crippen LogP contribution < -0.4 is 9.80 Å². The third-order valence-corrected chi connectivity index (χ3v) is 7.41. The van der Waals surface area contributed by atoms with Crippen LogP contribution in [0, 0.1) is 6.92 Å². The first-order chi connectivity index (χ1) is 17.0. The van der Waals surface area contributed by atoms with Crippen molar-refractivity contribution in [2.45, 2.75) is 39.3 Å². The number of thiazole rings is 1. The van der Waals surface area contributed by atoms with E-state index in [4.69, 9.17) is 0 Å². The molecule has 35 heavy (non-hydrogen) atoms. The van der Waals surface area contributed by atoms with E-state index in [2.05, 4.69) is 15.0 Å². The largest absolute Gasteiger partial charge is 0.305 e. The first kappa shape index (κ1) is 22.9. The number of rotatable bonds is 4. The predicted molar refractivity (Wildman–Crippen MR) is 138 cm³/mol. The van der Waals surface area contributed by atoms with Crippen LogP contribution in [0.5, 0.6) is 0 Å². The summed E-state index contributed by atoms with van der Waals surface area (Å²) in [7, 11) is 0. The van der Waals surface area contributed by atoms with Gasteiger partial charge in [-0.2, -0.15) is 0 Å². The maximum absolute atomic E-state index is 13.9. The minimum absolute atomic E-state index is 0.0325. The van der Waals surface area contributed by atoms with Crippen molar-refractivity contribution >= 4 is 34.5 Å². The molecule has 1 aliphatic rings. The Hall–Kier alpha value is -3.91. The van der Waals surface area contributed by atoms with Crippen LogP contribution in [0.15, 0.2) is 73.2 Å². The van der Waals surface area contributed by atoms with Crippen molar-refractivity contribution in [2.24, 2.45) is 0 Å². The molecule has 0 bridgehead atoms. The maximum Gasteiger partial charge on any atom is 0.270 e. The summed E-state index contributed by atoms with van der Waals surface area (Å²) in [6.45, 7) is 5.47. The zero-order chi connectivity index (χ0) is 24.5. The molecular formula is C27H25N5O2S. The highest BCUT2D eigenvalue weighted by Crippen LogP contribution is 2.43. The Kier molecular flexibility index (Phi) is 6.13. The average molecular weight is 484 g/mol. The lowest BCUT2D eigenvalue weighted by Crippen LogP contribution is -2.47. The summed E-state index contributed by atoms with van der Waals surface area (Å²) in [4.78, 5) is 44.0. The van der Waals surface area contributed by atoms with E-state index in [0.29, 0.717) is 27.7 Å². The Morgan fingerprint density at radius 2 is 1.80 bits per heavy atom. The monoisotopic (exact) mass is 483 g/mol. The molecule has 2 unspecified atom stereocenters. The molecule has 0 N–H and O–H groups in total. The SMILES string of the molecule is CC(=O)N(c1ccccc1)C1CC(C)N(C(=O)c2sc(-c3cnccn3)nc2C)c2ccccc21. The second-order valence-corrected chi connectivity index (χ2v) is 9.58. The molecule has 0 spiro atoms. The topological polar surface area (TPSA) is 79.3 Å². The number of fused-ring (bicyclic) bond motifs is 1. The molecule has 0 radical (unpaired) electrons. The van der Waals surface area contributed by atoms with E-state index in [1.165, 1.54) is 11.3 Å². The van der Waals surface area contributed by atoms with Gasteiger partial charge in [-0.25, -0.2) is 4.98 Å². The van der Waals surface area contributed by atoms with Crippen molar-refractivity contribution in [1.82, 2.24) is 15.0 Å². The van der Waals surface area contributed by atoms with Crippen LogP contribution in [0.4, 0.5) is 11.4 Å². The van der Waals surface area contributed by atoms with Crippen molar-refractivity contribution in [3.63, 3.8) is 0 Å². The third-order valence-electron chi connectivity index (χ3n) is 6.24. The molecule has 0 fully saturated rings. The number of hydrogen-bond donors (Lipinski definition) is 0. The van der Waals surface area contributed by atoms with Gasteiger partial charge in [-0.15, -0.1) is 11.3 Å². The van der Waals surface area contributed by atoms with E-state index in [1.807, 2.05) is 78.2 Å². The number of amides is 2. The number of anilines is 2. The second-order valence-electron chi connectivity index (χ2n) is 8.58. The van der Waals surface area contributed by atoms with Gasteiger partial charge < -0.3 is 9.80 Å². The van der Waals surface area contributed by atoms with Crippen LogP contribution in [-0.4, -0.2) is 32.8 Å². The van der Waals surface area contributed by atoms with E-state index in [9.17, 15) is 9.59 Å². The molecule has 0 aliphatic carbocycles. The van der Waals surface area contributed by atoms with Crippen LogP contribution in [-0.2, 0) is 4.79 Å². The highest BCUT2D eigenvalue weighted by molar-refractivity contribution is 7.17. The molecule has 8 heteroatoms. The van der Waals surface area contributed by atoms with Gasteiger partial charge >= 0.3 is 0 Å². The molecule has 1 aliphatic heterocycles. The summed E-state index contributed by atoms with van der Waals surface area (Å²) in [6, 6.07) is 17.2. The van der Waals surface area contributed by atoms with Crippen LogP contribution in [0.3, 0.4) is 0 Å². The molecular weight excluding hydrogens is 458 g/mol. The van der Waals surface area contributed by atoms with Crippen molar-refractivity contribution in [3.8, 4) is 10.7 Å². The molecule has 2 aromatic heterocycles. The van der Waals surface area contributed by atoms with Crippen molar-refractivity contribution in [1.29, 1.82) is 0 Å². The lowest BCUT2D eigenvalue weighted by atomic mass is 9.89. The lowest BCUT2D eigenvalue weighted by Gasteiger charge is -2.43. The van der Waals surface area contributed by atoms with Gasteiger partial charge in [0.2, 0.25) is 5.91 Å². The van der Waals surface area contributed by atoms with Gasteiger partial charge in [-0.1, -0.05) is 36.4 Å². The maximum atomic E-state index is 13.9. The summed E-state index contributed by atoms with van der Waals surface area (Å²) in [5, 5.41) is 0.668. The van der Waals surface area contributed by atoms with Gasteiger partial charge in [0.1, 0.15) is 15.6 Å². The molecule has 176 valence electrons. The van der Waals surface area contributed by atoms with Gasteiger partial charge in [0.25, 0.3) is 5.91 Å². The Balaban J connectivity index is 1.55. The van der Waals surface area contributed by atoms with Gasteiger partial charge in [0, 0.05) is 36.7 Å². The van der Waals surface area contributed by atoms with E-state index >= 15 is 0 Å². The molecule has 0 saturated heterocycles. The molecule has 3 heterocycles. The number of benzene rings is 2. The molecule has 0 saturated carbocycles. The van der Waals surface area contributed by atoms with Crippen LogP contribution >= 0.6 is 11.3 Å². The first-order valence-electron chi connectivity index (χ1n) is 11.5. The standard InChI is InChI=1S/C27H25N5O2S/c1-17-15-24(32(19(3)33)20-9-5-4-6-10-20)21-11-7-8-12-23(21)31(17)27(34)25-18(2)30-26(35-25)22-16-28-13-14-29-22/h4-14,16-17,24H,15H2,1-3H3. The Bertz CT molecular complexity index is 1370. The normalized spacial score (nSPS) is 17.1. The highest BCUT2D eigenvalue weighted by Gasteiger charge is 2.39. The molecule has 4 aromatic rings. The fourth-order valence-corrected chi connectivity index (χ4v) is 5.69. The number of carbonyl (C=O) groups excluding carboxylic acids is 2. The fourth-order valence-electron chi connectivity index (χ4n) is 4.73. The molecule has 7 nitrogen and oxygen atoms in total. The minimum Gasteiger partial charge on any atom is -0.305 e. The van der Waals surface area contributed by atoms with Crippen molar-refractivity contribution in [3.05, 3.63) is 89.3 Å². The van der Waals surface area contributed by atoms with Crippen LogP contribution in [0.2, 0.25) is 0 Å². The van der Waals surface area contributed by atoms with Gasteiger partial charge in [0.15, 0.2) is 0 Å². The van der Waals surface area contributed by atoms with Gasteiger partial charge in [0.05, 0.1) is 17.9 Å². The molecule has 2 aromatic carbocycles. The Morgan fingerprint density at radius 3 is 2.51 bits per heavy atom. The number of para-hydroxylation sites is 2. The van der Waals surface area contributed by atoms with Gasteiger partial charge in [-0.3, -0.25) is 19.6 Å². The van der Waals surface area contributed by atoms with E-state index in [0.717, 1.165) is 16.9 Å². The fraction of sp³-hybridized carbons (Fsp3) is 0.222. The third kappa shape index (κ3) is 4.21. The Labute approximate surface area is 208 Å². The average Bonchev–Trinajstić information content (AvgIpc) is 3.26. The van der Waals surface area contributed by atoms with Crippen molar-refractivity contribution in [2.75, 3.05) is 9.80 Å². The smallest absolute Gasteiger partial charge is 0.270 e. The number of nitrogens with zero attached hydrogens (tertiary/aromatic N) is 5. The summed E-state index contributed by atoms with van der Waals surface area (Å²) < 4.78 is 0. The lowest BCUT2D eigenvalue weighted by molar-refractivity contribution is -0.117. The van der Waals surface area contributed by atoms with E-state index in [1.54, 1.807) is 25.5 Å². The summed E-state index contributed by atoms with van der Waals surface area (Å²) in [5.41, 5.74) is 3.93. The van der Waals surface area contributed by atoms with Gasteiger partial charge in [-0.05, 0) is 44.0 Å². The van der Waals surface area contributed by atoms with E-state index < -0.39 is 0 Å². The summed E-state index contributed by atoms with van der Waals surface area (Å²) in [5.74, 6) is -0.127. The Morgan fingerprint density at radius 1 is 1.06 bits per heavy atom. The quantitative estimate of drug-likeness (QED) is 0.386. The molecule has 2 amide bonds. The predicted octanol–water partition coefficient (Wildman–Crippen LogP) is 5.44. The second kappa shape index (κ2) is 9.38. The van der Waals surface area contributed by atoms with Crippen LogP contribution in [0.1, 0.15) is 47.2 Å². The number of hydrogen-bond acceptors (Lipinski definition) is 6. The van der Waals surface area contributed by atoms with Crippen LogP contribution in [0.25, 0.3) is 10.7 Å². The highest BCUT2D eigenvalue weighted by atomic mass is 32.1. The zero-order valence-electron chi connectivity index (χ0n) is 19.8. The van der Waals surface area contributed by atoms with Crippen molar-refractivity contribution < 1.29 is 9.59 Å². The summed E-state index contributed by atoms with van der Waals surface area (Å²) >= 11 is 1.33. The minimum atomic E-state index is -0.178. The summed E-state index contributed by atoms with van der Waals surface area (Å²) in [6.07, 6.45) is 5.49. The van der Waals surface area contributed by atoms with E-state index in [-0.39, 0.29) is 23.9 Å². The molecule has 5 rings (SSSR count). The first-order valence-corrected chi connectivity index (χ1v) is 12.3. The zero-order valence-corrected chi connectivity index (χ0v) is 20.6. The number of carbonyl (C=O) groups is 2. The number of aromatic nitrogens is 3. The molecule has 2 atom stereocenters. The number of aryl methyl sites for hydroxylation is 1.